The summed E-state index contributed by atoms with van der Waals surface area (Å²) in [5, 5.41) is 2.27. The summed E-state index contributed by atoms with van der Waals surface area (Å²) in [6.07, 6.45) is -0.106. The number of fused-ring (bicyclic) bond motifs is 1. The van der Waals surface area contributed by atoms with Crippen LogP contribution >= 0.6 is 11.6 Å². The second-order valence-electron chi connectivity index (χ2n) is 5.37. The number of amides is 1. The molecule has 0 spiro atoms. The summed E-state index contributed by atoms with van der Waals surface area (Å²) in [7, 11) is -3.89. The Morgan fingerprint density at radius 2 is 2.00 bits per heavy atom. The number of imidazole rings is 1. The third kappa shape index (κ3) is 4.18. The van der Waals surface area contributed by atoms with E-state index in [0.717, 1.165) is 23.7 Å². The van der Waals surface area contributed by atoms with E-state index in [0.29, 0.717) is 5.52 Å². The van der Waals surface area contributed by atoms with Crippen molar-refractivity contribution in [2.75, 3.05) is 11.9 Å². The molecule has 7 nitrogen and oxygen atoms in total. The van der Waals surface area contributed by atoms with E-state index in [1.165, 1.54) is 0 Å². The van der Waals surface area contributed by atoms with Crippen LogP contribution in [0.2, 0.25) is 5.02 Å². The Balaban J connectivity index is 1.56. The smallest absolute Gasteiger partial charge is 0.240 e. The van der Waals surface area contributed by atoms with Gasteiger partial charge < -0.3 is 4.98 Å². The lowest BCUT2D eigenvalue weighted by Crippen LogP contribution is -2.28. The number of carbonyl (C=O) groups excluding carboxylic acids is 1. The van der Waals surface area contributed by atoms with E-state index in [4.69, 9.17) is 11.6 Å². The average Bonchev–Trinajstić information content (AvgIpc) is 2.99. The standard InChI is InChI=1S/C16H14ClFN4O3S/c17-11-9-10(5-6-12(11)18)26(24,25)19-8-7-15(23)22-16-20-13-3-1-2-4-14(13)21-16/h1-6,9,19H,7-8H2,(H2,20,21,22,23). The quantitative estimate of drug-likeness (QED) is 0.595. The molecule has 3 rings (SSSR count). The van der Waals surface area contributed by atoms with Crippen LogP contribution in [0.3, 0.4) is 0 Å². The lowest BCUT2D eigenvalue weighted by Gasteiger charge is -2.07. The molecule has 26 heavy (non-hydrogen) atoms. The Bertz CT molecular complexity index is 1040. The maximum Gasteiger partial charge on any atom is 0.240 e. The molecular weight excluding hydrogens is 383 g/mol. The number of aromatic amines is 1. The third-order valence-corrected chi connectivity index (χ3v) is 5.24. The SMILES string of the molecule is O=C(CCNS(=O)(=O)c1ccc(F)c(Cl)c1)Nc1nc2ccccc2[nH]1. The Morgan fingerprint density at radius 3 is 2.73 bits per heavy atom. The van der Waals surface area contributed by atoms with Gasteiger partial charge in [-0.25, -0.2) is 22.5 Å². The first kappa shape index (κ1) is 18.3. The fourth-order valence-electron chi connectivity index (χ4n) is 2.23. The highest BCUT2D eigenvalue weighted by Crippen LogP contribution is 2.19. The number of anilines is 1. The summed E-state index contributed by atoms with van der Waals surface area (Å²) < 4.78 is 39.6. The molecule has 3 N–H and O–H groups in total. The highest BCUT2D eigenvalue weighted by Gasteiger charge is 2.16. The first-order chi connectivity index (χ1) is 12.3. The second-order valence-corrected chi connectivity index (χ2v) is 7.55. The molecule has 0 radical (unpaired) electrons. The number of benzene rings is 2. The predicted octanol–water partition coefficient (Wildman–Crippen LogP) is 2.66. The number of nitrogens with one attached hydrogen (secondary N) is 3. The van der Waals surface area contributed by atoms with E-state index in [-0.39, 0.29) is 28.8 Å². The highest BCUT2D eigenvalue weighted by molar-refractivity contribution is 7.89. The Morgan fingerprint density at radius 1 is 1.23 bits per heavy atom. The number of H-pyrrole nitrogens is 1. The largest absolute Gasteiger partial charge is 0.324 e. The van der Waals surface area contributed by atoms with E-state index in [1.54, 1.807) is 6.07 Å². The minimum atomic E-state index is -3.89. The number of halogens is 2. The third-order valence-electron chi connectivity index (χ3n) is 3.49. The van der Waals surface area contributed by atoms with Gasteiger partial charge in [0.2, 0.25) is 21.9 Å². The zero-order valence-electron chi connectivity index (χ0n) is 13.3. The summed E-state index contributed by atoms with van der Waals surface area (Å²) in [4.78, 5) is 18.9. The second kappa shape index (κ2) is 7.40. The molecule has 1 aromatic heterocycles. The van der Waals surface area contributed by atoms with Crippen molar-refractivity contribution in [3.05, 3.63) is 53.3 Å². The minimum absolute atomic E-state index is 0.106. The molecule has 2 aromatic carbocycles. The molecule has 0 aliphatic carbocycles. The van der Waals surface area contributed by atoms with Crippen molar-refractivity contribution < 1.29 is 17.6 Å². The summed E-state index contributed by atoms with van der Waals surface area (Å²) in [5.74, 6) is -0.843. The number of nitrogens with zero attached hydrogens (tertiary/aromatic N) is 1. The molecule has 0 bridgehead atoms. The van der Waals surface area contributed by atoms with Crippen molar-refractivity contribution in [1.82, 2.24) is 14.7 Å². The Hall–Kier alpha value is -2.49. The molecule has 1 amide bonds. The van der Waals surface area contributed by atoms with Crippen LogP contribution in [0.5, 0.6) is 0 Å². The Labute approximate surface area is 153 Å². The molecule has 0 aliphatic heterocycles. The summed E-state index contributed by atoms with van der Waals surface area (Å²) in [5.41, 5.74) is 1.48. The summed E-state index contributed by atoms with van der Waals surface area (Å²) in [6.45, 7) is -0.136. The molecule has 3 aromatic rings. The van der Waals surface area contributed by atoms with E-state index < -0.39 is 21.7 Å². The number of hydrogen-bond donors (Lipinski definition) is 3. The molecule has 1 heterocycles. The van der Waals surface area contributed by atoms with E-state index in [1.807, 2.05) is 18.2 Å². The van der Waals surface area contributed by atoms with Crippen molar-refractivity contribution in [2.45, 2.75) is 11.3 Å². The van der Waals surface area contributed by atoms with Crippen molar-refractivity contribution in [3.63, 3.8) is 0 Å². The number of hydrogen-bond acceptors (Lipinski definition) is 4. The summed E-state index contributed by atoms with van der Waals surface area (Å²) >= 11 is 5.59. The van der Waals surface area contributed by atoms with Gasteiger partial charge in [-0.1, -0.05) is 23.7 Å². The number of para-hydroxylation sites is 2. The van der Waals surface area contributed by atoms with Gasteiger partial charge in [0.15, 0.2) is 0 Å². The predicted molar refractivity (Wildman–Crippen MR) is 95.9 cm³/mol. The first-order valence-electron chi connectivity index (χ1n) is 7.54. The van der Waals surface area contributed by atoms with Gasteiger partial charge in [-0.2, -0.15) is 0 Å². The van der Waals surface area contributed by atoms with Gasteiger partial charge in [0.25, 0.3) is 0 Å². The zero-order chi connectivity index (χ0) is 18.7. The van der Waals surface area contributed by atoms with Crippen molar-refractivity contribution >= 4 is 44.5 Å². The molecule has 0 fully saturated rings. The molecule has 0 atom stereocenters. The lowest BCUT2D eigenvalue weighted by atomic mass is 10.3. The van der Waals surface area contributed by atoms with Crippen LogP contribution < -0.4 is 10.0 Å². The Kier molecular flexibility index (Phi) is 5.21. The summed E-state index contributed by atoms with van der Waals surface area (Å²) in [6, 6.07) is 10.3. The zero-order valence-corrected chi connectivity index (χ0v) is 14.9. The molecule has 0 saturated heterocycles. The van der Waals surface area contributed by atoms with Crippen LogP contribution in [0.1, 0.15) is 6.42 Å². The molecule has 0 aliphatic rings. The van der Waals surface area contributed by atoms with Crippen LogP contribution in [0, 0.1) is 5.82 Å². The minimum Gasteiger partial charge on any atom is -0.324 e. The van der Waals surface area contributed by atoms with Crippen molar-refractivity contribution in [2.24, 2.45) is 0 Å². The maximum atomic E-state index is 13.1. The highest BCUT2D eigenvalue weighted by atomic mass is 35.5. The van der Waals surface area contributed by atoms with Crippen LogP contribution in [0.4, 0.5) is 10.3 Å². The van der Waals surface area contributed by atoms with E-state index in [2.05, 4.69) is 20.0 Å². The molecule has 136 valence electrons. The molecule has 10 heteroatoms. The van der Waals surface area contributed by atoms with Gasteiger partial charge in [0.05, 0.1) is 21.0 Å². The van der Waals surface area contributed by atoms with E-state index >= 15 is 0 Å². The average molecular weight is 397 g/mol. The topological polar surface area (TPSA) is 104 Å². The monoisotopic (exact) mass is 396 g/mol. The number of sulfonamides is 1. The van der Waals surface area contributed by atoms with Crippen LogP contribution in [-0.2, 0) is 14.8 Å². The van der Waals surface area contributed by atoms with Gasteiger partial charge in [-0.15, -0.1) is 0 Å². The van der Waals surface area contributed by atoms with Gasteiger partial charge in [-0.05, 0) is 30.3 Å². The fraction of sp³-hybridized carbons (Fsp3) is 0.125. The van der Waals surface area contributed by atoms with Gasteiger partial charge in [0.1, 0.15) is 5.82 Å². The fourth-order valence-corrected chi connectivity index (χ4v) is 3.54. The lowest BCUT2D eigenvalue weighted by molar-refractivity contribution is -0.116. The molecule has 0 saturated carbocycles. The van der Waals surface area contributed by atoms with Gasteiger partial charge in [0, 0.05) is 13.0 Å². The van der Waals surface area contributed by atoms with E-state index in [9.17, 15) is 17.6 Å². The molecule has 0 unspecified atom stereocenters. The number of carbonyl (C=O) groups is 1. The van der Waals surface area contributed by atoms with Crippen LogP contribution in [-0.4, -0.2) is 30.8 Å². The van der Waals surface area contributed by atoms with Gasteiger partial charge in [-0.3, -0.25) is 10.1 Å². The van der Waals surface area contributed by atoms with Crippen molar-refractivity contribution in [3.8, 4) is 0 Å². The number of rotatable bonds is 6. The van der Waals surface area contributed by atoms with Crippen LogP contribution in [0.15, 0.2) is 47.4 Å². The number of aromatic nitrogens is 2. The van der Waals surface area contributed by atoms with Crippen molar-refractivity contribution in [1.29, 1.82) is 0 Å². The normalized spacial score (nSPS) is 11.6. The van der Waals surface area contributed by atoms with Crippen LogP contribution in [0.25, 0.3) is 11.0 Å². The maximum absolute atomic E-state index is 13.1. The van der Waals surface area contributed by atoms with Gasteiger partial charge >= 0.3 is 0 Å². The first-order valence-corrected chi connectivity index (χ1v) is 9.40. The molecular formula is C16H14ClFN4O3S.